The van der Waals surface area contributed by atoms with Crippen LogP contribution in [0.4, 0.5) is 0 Å². The van der Waals surface area contributed by atoms with Gasteiger partial charge in [0.05, 0.1) is 6.10 Å². The van der Waals surface area contributed by atoms with Crippen LogP contribution in [-0.2, 0) is 19.3 Å². The van der Waals surface area contributed by atoms with Gasteiger partial charge >= 0.3 is 23.4 Å². The quantitative estimate of drug-likeness (QED) is 0.291. The van der Waals surface area contributed by atoms with Crippen molar-refractivity contribution in [2.45, 2.75) is 43.3 Å². The van der Waals surface area contributed by atoms with Gasteiger partial charge < -0.3 is 26.6 Å². The minimum atomic E-state index is -4.10. The van der Waals surface area contributed by atoms with Crippen molar-refractivity contribution in [3.63, 3.8) is 0 Å². The van der Waals surface area contributed by atoms with Crippen molar-refractivity contribution in [3.8, 4) is 0 Å². The van der Waals surface area contributed by atoms with Gasteiger partial charge in [0.2, 0.25) is 0 Å². The Bertz CT molecular complexity index is 560. The summed E-state index contributed by atoms with van der Waals surface area (Å²) >= 11 is 0. The molecule has 1 saturated heterocycles. The molecule has 7 N–H and O–H groups in total. The van der Waals surface area contributed by atoms with Crippen LogP contribution in [0.5, 0.6) is 0 Å². The molecule has 1 heterocycles. The number of hydrogen-bond donors (Lipinski definition) is 5. The van der Waals surface area contributed by atoms with Gasteiger partial charge in [-0.1, -0.05) is 6.42 Å². The van der Waals surface area contributed by atoms with E-state index in [1.54, 1.807) is 0 Å². The second-order valence-corrected chi connectivity index (χ2v) is 7.80. The van der Waals surface area contributed by atoms with E-state index in [9.17, 15) is 18.3 Å². The first-order valence-electron chi connectivity index (χ1n) is 7.38. The van der Waals surface area contributed by atoms with Crippen molar-refractivity contribution in [1.29, 1.82) is 0 Å². The zero-order valence-electron chi connectivity index (χ0n) is 12.5. The van der Waals surface area contributed by atoms with Crippen LogP contribution >= 0.6 is 0 Å². The van der Waals surface area contributed by atoms with Crippen LogP contribution in [-0.4, -0.2) is 71.7 Å². The second-order valence-electron chi connectivity index (χ2n) is 6.24. The predicted octanol–water partition coefficient (Wildman–Crippen LogP) is -2.69. The highest BCUT2D eigenvalue weighted by atomic mass is 32.2. The second kappa shape index (κ2) is 6.63. The lowest BCUT2D eigenvalue weighted by atomic mass is 9.78. The highest BCUT2D eigenvalue weighted by Gasteiger charge is 2.53. The van der Waals surface area contributed by atoms with Gasteiger partial charge in [0.1, 0.15) is 5.54 Å². The Hall–Kier alpha value is -0.755. The van der Waals surface area contributed by atoms with Gasteiger partial charge in [0.25, 0.3) is 0 Å². The van der Waals surface area contributed by atoms with E-state index in [2.05, 4.69) is 0 Å². The number of nitrogens with zero attached hydrogens (tertiary/aromatic N) is 1. The smallest absolute Gasteiger partial charge is 0.451 e. The molecule has 0 aromatic carbocycles. The van der Waals surface area contributed by atoms with Gasteiger partial charge in [-0.15, -0.1) is 0 Å². The first-order chi connectivity index (χ1) is 10.6. The molecular weight excluding hydrogens is 329 g/mol. The van der Waals surface area contributed by atoms with Crippen molar-refractivity contribution < 1.29 is 32.5 Å². The van der Waals surface area contributed by atoms with Crippen molar-refractivity contribution >= 4 is 23.4 Å². The predicted molar refractivity (Wildman–Crippen MR) is 80.2 cm³/mol. The number of carboxylic acid groups (broad SMARTS) is 1. The average Bonchev–Trinajstić information content (AvgIpc) is 2.96. The first-order valence-corrected chi connectivity index (χ1v) is 8.75. The molecule has 2 unspecified atom stereocenters. The molecule has 0 bridgehead atoms. The highest BCUT2D eigenvalue weighted by Crippen LogP contribution is 2.34. The Morgan fingerprint density at radius 2 is 2.04 bits per heavy atom. The third kappa shape index (κ3) is 4.21. The van der Waals surface area contributed by atoms with E-state index in [1.807, 2.05) is 0 Å². The van der Waals surface area contributed by atoms with E-state index < -0.39 is 41.0 Å². The van der Waals surface area contributed by atoms with Crippen molar-refractivity contribution in [1.82, 2.24) is 4.31 Å². The van der Waals surface area contributed by atoms with Gasteiger partial charge in [0, 0.05) is 25.0 Å². The maximum absolute atomic E-state index is 12.2. The molecule has 12 heteroatoms. The third-order valence-corrected chi connectivity index (χ3v) is 5.74. The number of carbonyl (C=O) groups is 1. The number of hydrogen-bond acceptors (Lipinski definition) is 8. The summed E-state index contributed by atoms with van der Waals surface area (Å²) in [6, 6.07) is -0.323. The lowest BCUT2D eigenvalue weighted by Crippen LogP contribution is -2.55. The molecule has 10 nitrogen and oxygen atoms in total. The lowest BCUT2D eigenvalue weighted by Gasteiger charge is -2.25. The topological polar surface area (TPSA) is 176 Å². The summed E-state index contributed by atoms with van der Waals surface area (Å²) in [5, 5.41) is 27.1. The van der Waals surface area contributed by atoms with Crippen LogP contribution in [0.2, 0.25) is 6.32 Å². The molecule has 0 aromatic heterocycles. The molecule has 0 spiro atoms. The summed E-state index contributed by atoms with van der Waals surface area (Å²) in [6.45, 7) is -0.479. The van der Waals surface area contributed by atoms with Crippen LogP contribution in [0.25, 0.3) is 0 Å². The normalized spacial score (nSPS) is 34.5. The number of carboxylic acids is 1. The molecule has 1 aliphatic heterocycles. The number of aliphatic carboxylic acids is 1. The van der Waals surface area contributed by atoms with Crippen LogP contribution < -0.4 is 11.5 Å². The monoisotopic (exact) mass is 351 g/mol. The van der Waals surface area contributed by atoms with Crippen LogP contribution in [0.3, 0.4) is 0 Å². The molecule has 4 atom stereocenters. The van der Waals surface area contributed by atoms with Crippen molar-refractivity contribution in [2.75, 3.05) is 13.1 Å². The zero-order chi connectivity index (χ0) is 17.4. The van der Waals surface area contributed by atoms with Crippen LogP contribution in [0, 0.1) is 5.92 Å². The molecule has 132 valence electrons. The summed E-state index contributed by atoms with van der Waals surface area (Å²) in [5.41, 5.74) is 9.70. The maximum atomic E-state index is 12.2. The summed E-state index contributed by atoms with van der Waals surface area (Å²) in [5.74, 6) is -1.95. The van der Waals surface area contributed by atoms with Crippen molar-refractivity contribution in [3.05, 3.63) is 0 Å². The van der Waals surface area contributed by atoms with E-state index in [0.29, 0.717) is 12.8 Å². The summed E-state index contributed by atoms with van der Waals surface area (Å²) < 4.78 is 30.2. The Kier molecular flexibility index (Phi) is 5.35. The lowest BCUT2D eigenvalue weighted by molar-refractivity contribution is -0.144. The van der Waals surface area contributed by atoms with E-state index in [1.165, 1.54) is 0 Å². The van der Waals surface area contributed by atoms with E-state index >= 15 is 0 Å². The third-order valence-electron chi connectivity index (χ3n) is 4.34. The molecule has 0 aromatic rings. The number of nitrogens with two attached hydrogens (primary N) is 2. The van der Waals surface area contributed by atoms with Gasteiger partial charge in [-0.3, -0.25) is 8.98 Å². The minimum Gasteiger partial charge on any atom is -0.480 e. The Balaban J connectivity index is 2.05. The molecule has 0 radical (unpaired) electrons. The number of rotatable bonds is 8. The zero-order valence-corrected chi connectivity index (χ0v) is 13.4. The fraction of sp³-hybridized carbons (Fsp3) is 0.909. The Morgan fingerprint density at radius 3 is 2.52 bits per heavy atom. The SMILES string of the molecule is NC1CC1OS(=O)(=O)N1C[C@H](CCCB(O)O)[C@](N)(C(=O)O)C1. The fourth-order valence-electron chi connectivity index (χ4n) is 2.72. The van der Waals surface area contributed by atoms with Crippen LogP contribution in [0.15, 0.2) is 0 Å². The van der Waals surface area contributed by atoms with Crippen LogP contribution in [0.1, 0.15) is 19.3 Å². The molecular formula is C11H22BN3O7S. The molecule has 2 rings (SSSR count). The Labute approximate surface area is 134 Å². The van der Waals surface area contributed by atoms with Gasteiger partial charge in [-0.05, 0) is 19.2 Å². The average molecular weight is 351 g/mol. The van der Waals surface area contributed by atoms with Gasteiger partial charge in [0.15, 0.2) is 0 Å². The Morgan fingerprint density at radius 1 is 1.43 bits per heavy atom. The van der Waals surface area contributed by atoms with E-state index in [-0.39, 0.29) is 31.9 Å². The van der Waals surface area contributed by atoms with Gasteiger partial charge in [-0.2, -0.15) is 12.7 Å². The largest absolute Gasteiger partial charge is 0.480 e. The molecule has 2 fully saturated rings. The molecule has 0 amide bonds. The maximum Gasteiger partial charge on any atom is 0.451 e. The summed E-state index contributed by atoms with van der Waals surface area (Å²) in [6.07, 6.45) is 0.511. The van der Waals surface area contributed by atoms with E-state index in [4.69, 9.17) is 25.7 Å². The standard InChI is InChI=1S/C11H22BN3O7S/c13-8-4-9(8)22-23(20,21)15-5-7(2-1-3-12(18)19)11(14,6-15)10(16)17/h7-9,18-19H,1-6,13-14H2,(H,16,17)/t7-,8?,9?,11-/m0/s1. The minimum absolute atomic E-state index is 0.0619. The molecule has 23 heavy (non-hydrogen) atoms. The van der Waals surface area contributed by atoms with Crippen molar-refractivity contribution in [2.24, 2.45) is 17.4 Å². The highest BCUT2D eigenvalue weighted by molar-refractivity contribution is 7.84. The summed E-state index contributed by atoms with van der Waals surface area (Å²) in [7, 11) is -5.59. The van der Waals surface area contributed by atoms with Gasteiger partial charge in [-0.25, -0.2) is 0 Å². The molecule has 1 aliphatic carbocycles. The van der Waals surface area contributed by atoms with E-state index in [0.717, 1.165) is 4.31 Å². The first kappa shape index (κ1) is 18.6. The summed E-state index contributed by atoms with van der Waals surface area (Å²) in [4.78, 5) is 11.5. The molecule has 2 aliphatic rings. The molecule has 1 saturated carbocycles. The fourth-order valence-corrected chi connectivity index (χ4v) is 4.11.